The number of benzene rings is 2. The lowest BCUT2D eigenvalue weighted by molar-refractivity contribution is -0.387. The molecule has 1 atom stereocenters. The molecule has 0 aliphatic heterocycles. The van der Waals surface area contributed by atoms with Crippen molar-refractivity contribution in [1.29, 1.82) is 0 Å². The van der Waals surface area contributed by atoms with Crippen LogP contribution < -0.4 is 5.32 Å². The third kappa shape index (κ3) is 4.16. The second kappa shape index (κ2) is 6.54. The smallest absolute Gasteiger partial charge is 0.304 e. The summed E-state index contributed by atoms with van der Waals surface area (Å²) >= 11 is 5.82. The number of hydrogen-bond donors (Lipinski definition) is 1. The van der Waals surface area contributed by atoms with Gasteiger partial charge in [0.25, 0.3) is 0 Å². The maximum atomic E-state index is 13.5. The fraction of sp³-hybridized carbons (Fsp3) is 0.200. The highest BCUT2D eigenvalue weighted by Crippen LogP contribution is 2.22. The SMILES string of the molecule is CC(Cc1ccc(Cl)cc1)Nc1ccc([N+](=O)[O-])c(F)c1. The van der Waals surface area contributed by atoms with Crippen LogP contribution in [0.2, 0.25) is 5.02 Å². The molecule has 0 aromatic heterocycles. The van der Waals surface area contributed by atoms with E-state index in [-0.39, 0.29) is 6.04 Å². The summed E-state index contributed by atoms with van der Waals surface area (Å²) in [7, 11) is 0. The Morgan fingerprint density at radius 1 is 1.29 bits per heavy atom. The molecule has 0 radical (unpaired) electrons. The van der Waals surface area contributed by atoms with Crippen molar-refractivity contribution in [1.82, 2.24) is 0 Å². The van der Waals surface area contributed by atoms with Crippen molar-refractivity contribution in [3.63, 3.8) is 0 Å². The van der Waals surface area contributed by atoms with Crippen molar-refractivity contribution in [2.24, 2.45) is 0 Å². The molecule has 0 spiro atoms. The van der Waals surface area contributed by atoms with Crippen LogP contribution in [0.15, 0.2) is 42.5 Å². The lowest BCUT2D eigenvalue weighted by Gasteiger charge is -2.15. The molecule has 0 fully saturated rings. The Morgan fingerprint density at radius 2 is 1.95 bits per heavy atom. The van der Waals surface area contributed by atoms with Gasteiger partial charge in [0.1, 0.15) is 0 Å². The minimum Gasteiger partial charge on any atom is -0.382 e. The van der Waals surface area contributed by atoms with Gasteiger partial charge in [-0.05, 0) is 37.1 Å². The molecule has 110 valence electrons. The van der Waals surface area contributed by atoms with Crippen LogP contribution >= 0.6 is 11.6 Å². The third-order valence-electron chi connectivity index (χ3n) is 3.01. The Kier molecular flexibility index (Phi) is 4.75. The van der Waals surface area contributed by atoms with Crippen LogP contribution in [0, 0.1) is 15.9 Å². The lowest BCUT2D eigenvalue weighted by Crippen LogP contribution is -2.18. The summed E-state index contributed by atoms with van der Waals surface area (Å²) in [4.78, 5) is 9.82. The number of anilines is 1. The highest BCUT2D eigenvalue weighted by Gasteiger charge is 2.14. The Labute approximate surface area is 126 Å². The van der Waals surface area contributed by atoms with Gasteiger partial charge in [-0.15, -0.1) is 0 Å². The van der Waals surface area contributed by atoms with E-state index in [9.17, 15) is 14.5 Å². The zero-order chi connectivity index (χ0) is 15.4. The van der Waals surface area contributed by atoms with E-state index in [0.717, 1.165) is 24.1 Å². The fourth-order valence-corrected chi connectivity index (χ4v) is 2.18. The first-order chi connectivity index (χ1) is 9.95. The third-order valence-corrected chi connectivity index (χ3v) is 3.26. The summed E-state index contributed by atoms with van der Waals surface area (Å²) in [6, 6.07) is 11.3. The Morgan fingerprint density at radius 3 is 2.52 bits per heavy atom. The van der Waals surface area contributed by atoms with Gasteiger partial charge in [0.15, 0.2) is 0 Å². The summed E-state index contributed by atoms with van der Waals surface area (Å²) < 4.78 is 13.5. The molecule has 2 rings (SSSR count). The number of nitro groups is 1. The van der Waals surface area contributed by atoms with Crippen LogP contribution in [0.4, 0.5) is 15.8 Å². The van der Waals surface area contributed by atoms with Crippen molar-refractivity contribution in [3.8, 4) is 0 Å². The van der Waals surface area contributed by atoms with Gasteiger partial charge in [-0.25, -0.2) is 0 Å². The lowest BCUT2D eigenvalue weighted by atomic mass is 10.1. The molecule has 0 bridgehead atoms. The van der Waals surface area contributed by atoms with Crippen molar-refractivity contribution in [2.75, 3.05) is 5.32 Å². The van der Waals surface area contributed by atoms with Crippen LogP contribution in [0.1, 0.15) is 12.5 Å². The number of nitrogens with one attached hydrogen (secondary N) is 1. The first-order valence-corrected chi connectivity index (χ1v) is 6.78. The molecule has 4 nitrogen and oxygen atoms in total. The van der Waals surface area contributed by atoms with E-state index in [1.54, 1.807) is 0 Å². The van der Waals surface area contributed by atoms with Gasteiger partial charge in [0.05, 0.1) is 4.92 Å². The minimum atomic E-state index is -0.844. The summed E-state index contributed by atoms with van der Waals surface area (Å²) in [5, 5.41) is 14.4. The number of nitrogens with zero attached hydrogens (tertiary/aromatic N) is 1. The first-order valence-electron chi connectivity index (χ1n) is 6.40. The summed E-state index contributed by atoms with van der Waals surface area (Å²) in [5.74, 6) is -0.844. The summed E-state index contributed by atoms with van der Waals surface area (Å²) in [5.41, 5.74) is 1.09. The number of nitro benzene ring substituents is 1. The zero-order valence-electron chi connectivity index (χ0n) is 11.3. The highest BCUT2D eigenvalue weighted by atomic mass is 35.5. The molecule has 0 aliphatic rings. The number of rotatable bonds is 5. The van der Waals surface area contributed by atoms with E-state index >= 15 is 0 Å². The van der Waals surface area contributed by atoms with Gasteiger partial charge < -0.3 is 5.32 Å². The van der Waals surface area contributed by atoms with Gasteiger partial charge in [0, 0.05) is 28.9 Å². The van der Waals surface area contributed by atoms with E-state index in [0.29, 0.717) is 10.7 Å². The molecule has 0 saturated heterocycles. The van der Waals surface area contributed by atoms with Crippen LogP contribution in [0.3, 0.4) is 0 Å². The second-order valence-electron chi connectivity index (χ2n) is 4.80. The normalized spacial score (nSPS) is 12.0. The molecule has 1 unspecified atom stereocenters. The molecule has 6 heteroatoms. The van der Waals surface area contributed by atoms with E-state index in [2.05, 4.69) is 5.32 Å². The van der Waals surface area contributed by atoms with Crippen LogP contribution in [-0.2, 0) is 6.42 Å². The molecule has 0 saturated carbocycles. The standard InChI is InChI=1S/C15H14ClFN2O2/c1-10(8-11-2-4-12(16)5-3-11)18-13-6-7-15(19(20)21)14(17)9-13/h2-7,9-10,18H,8H2,1H3. The minimum absolute atomic E-state index is 0.0482. The maximum absolute atomic E-state index is 13.5. The average molecular weight is 309 g/mol. The Balaban J connectivity index is 2.02. The van der Waals surface area contributed by atoms with Crippen LogP contribution in [-0.4, -0.2) is 11.0 Å². The summed E-state index contributed by atoms with van der Waals surface area (Å²) in [6.45, 7) is 1.95. The van der Waals surface area contributed by atoms with E-state index in [1.807, 2.05) is 31.2 Å². The molecule has 0 amide bonds. The highest BCUT2D eigenvalue weighted by molar-refractivity contribution is 6.30. The van der Waals surface area contributed by atoms with Crippen LogP contribution in [0.25, 0.3) is 0 Å². The van der Waals surface area contributed by atoms with Crippen LogP contribution in [0.5, 0.6) is 0 Å². The average Bonchev–Trinajstić information content (AvgIpc) is 2.41. The predicted molar refractivity (Wildman–Crippen MR) is 81.3 cm³/mol. The molecule has 1 N–H and O–H groups in total. The maximum Gasteiger partial charge on any atom is 0.304 e. The van der Waals surface area contributed by atoms with E-state index in [4.69, 9.17) is 11.6 Å². The van der Waals surface area contributed by atoms with Gasteiger partial charge in [-0.3, -0.25) is 10.1 Å². The predicted octanol–water partition coefficient (Wildman–Crippen LogP) is 4.43. The number of hydrogen-bond acceptors (Lipinski definition) is 3. The fourth-order valence-electron chi connectivity index (χ4n) is 2.05. The van der Waals surface area contributed by atoms with E-state index in [1.165, 1.54) is 6.07 Å². The van der Waals surface area contributed by atoms with E-state index < -0.39 is 16.4 Å². The molecule has 21 heavy (non-hydrogen) atoms. The largest absolute Gasteiger partial charge is 0.382 e. The Hall–Kier alpha value is -2.14. The monoisotopic (exact) mass is 308 g/mol. The second-order valence-corrected chi connectivity index (χ2v) is 5.24. The molecule has 2 aromatic carbocycles. The topological polar surface area (TPSA) is 55.2 Å². The zero-order valence-corrected chi connectivity index (χ0v) is 12.1. The number of halogens is 2. The quantitative estimate of drug-likeness (QED) is 0.656. The van der Waals surface area contributed by atoms with Gasteiger partial charge in [0.2, 0.25) is 5.82 Å². The van der Waals surface area contributed by atoms with Gasteiger partial charge in [-0.1, -0.05) is 23.7 Å². The van der Waals surface area contributed by atoms with Crippen molar-refractivity contribution in [2.45, 2.75) is 19.4 Å². The molecule has 2 aromatic rings. The first kappa shape index (κ1) is 15.3. The van der Waals surface area contributed by atoms with Gasteiger partial charge in [-0.2, -0.15) is 4.39 Å². The molecular formula is C15H14ClFN2O2. The van der Waals surface area contributed by atoms with Gasteiger partial charge >= 0.3 is 5.69 Å². The van der Waals surface area contributed by atoms with Crippen molar-refractivity contribution >= 4 is 23.0 Å². The summed E-state index contributed by atoms with van der Waals surface area (Å²) in [6.07, 6.45) is 0.732. The molecule has 0 heterocycles. The Bertz CT molecular complexity index is 647. The van der Waals surface area contributed by atoms with Crippen molar-refractivity contribution in [3.05, 3.63) is 69.0 Å². The van der Waals surface area contributed by atoms with Crippen molar-refractivity contribution < 1.29 is 9.31 Å². The molecule has 0 aliphatic carbocycles. The molecular weight excluding hydrogens is 295 g/mol.